The van der Waals surface area contributed by atoms with Crippen molar-refractivity contribution in [3.05, 3.63) is 24.3 Å². The van der Waals surface area contributed by atoms with Gasteiger partial charge in [0.1, 0.15) is 18.1 Å². The summed E-state index contributed by atoms with van der Waals surface area (Å²) < 4.78 is 10.8. The summed E-state index contributed by atoms with van der Waals surface area (Å²) in [5, 5.41) is 3.32. The summed E-state index contributed by atoms with van der Waals surface area (Å²) in [6, 6.07) is 8.37. The van der Waals surface area contributed by atoms with Gasteiger partial charge >= 0.3 is 0 Å². The highest BCUT2D eigenvalue weighted by molar-refractivity contribution is 5.31. The molecule has 4 heteroatoms. The molecule has 1 heterocycles. The fraction of sp³-hybridized carbons (Fsp3) is 0.571. The number of hydrogen-bond donors (Lipinski definition) is 1. The van der Waals surface area contributed by atoms with Crippen LogP contribution in [0, 0.1) is 0 Å². The minimum absolute atomic E-state index is 0.644. The van der Waals surface area contributed by atoms with Crippen LogP contribution < -0.4 is 14.8 Å². The Hall–Kier alpha value is -1.26. The average molecular weight is 250 g/mol. The third-order valence-corrected chi connectivity index (χ3v) is 3.42. The first kappa shape index (κ1) is 13.2. The molecule has 1 aromatic carbocycles. The van der Waals surface area contributed by atoms with E-state index in [1.807, 2.05) is 31.3 Å². The average Bonchev–Trinajstić information content (AvgIpc) is 2.87. The Balaban J connectivity index is 1.68. The van der Waals surface area contributed by atoms with Gasteiger partial charge in [-0.3, -0.25) is 4.90 Å². The lowest BCUT2D eigenvalue weighted by atomic mass is 10.3. The van der Waals surface area contributed by atoms with Gasteiger partial charge in [0, 0.05) is 19.1 Å². The van der Waals surface area contributed by atoms with Crippen molar-refractivity contribution in [3.8, 4) is 11.5 Å². The summed E-state index contributed by atoms with van der Waals surface area (Å²) in [4.78, 5) is 2.44. The van der Waals surface area contributed by atoms with Gasteiger partial charge in [-0.25, -0.2) is 0 Å². The maximum absolute atomic E-state index is 5.72. The molecule has 0 bridgehead atoms. The van der Waals surface area contributed by atoms with Gasteiger partial charge in [0.05, 0.1) is 7.11 Å². The third-order valence-electron chi connectivity index (χ3n) is 3.42. The van der Waals surface area contributed by atoms with Crippen molar-refractivity contribution in [3.63, 3.8) is 0 Å². The number of likely N-dealkylation sites (N-methyl/N-ethyl adjacent to an activating group) is 1. The van der Waals surface area contributed by atoms with Crippen molar-refractivity contribution in [1.29, 1.82) is 0 Å². The van der Waals surface area contributed by atoms with Crippen LogP contribution in [0.3, 0.4) is 0 Å². The monoisotopic (exact) mass is 250 g/mol. The molecule has 100 valence electrons. The predicted octanol–water partition coefficient (Wildman–Crippen LogP) is 1.37. The molecule has 1 atom stereocenters. The predicted molar refractivity (Wildman–Crippen MR) is 72.4 cm³/mol. The number of likely N-dealkylation sites (tertiary alicyclic amines) is 1. The van der Waals surface area contributed by atoms with Gasteiger partial charge in [0.25, 0.3) is 0 Å². The minimum atomic E-state index is 0.644. The van der Waals surface area contributed by atoms with Gasteiger partial charge in [0.15, 0.2) is 0 Å². The number of methoxy groups -OCH3 is 1. The van der Waals surface area contributed by atoms with E-state index < -0.39 is 0 Å². The maximum Gasteiger partial charge on any atom is 0.119 e. The second-order valence-corrected chi connectivity index (χ2v) is 4.60. The molecule has 0 aliphatic carbocycles. The lowest BCUT2D eigenvalue weighted by Crippen LogP contribution is -2.31. The smallest absolute Gasteiger partial charge is 0.119 e. The van der Waals surface area contributed by atoms with E-state index in [1.165, 1.54) is 6.42 Å². The van der Waals surface area contributed by atoms with Gasteiger partial charge in [-0.15, -0.1) is 0 Å². The standard InChI is InChI=1S/C14H22N2O2/c1-15-12-7-8-16(11-12)9-10-18-14-5-3-13(17-2)4-6-14/h3-6,12,15H,7-11H2,1-2H3. The third kappa shape index (κ3) is 3.62. The number of hydrogen-bond acceptors (Lipinski definition) is 4. The molecule has 0 saturated carbocycles. The van der Waals surface area contributed by atoms with E-state index in [1.54, 1.807) is 7.11 Å². The van der Waals surface area contributed by atoms with Crippen molar-refractivity contribution >= 4 is 0 Å². The van der Waals surface area contributed by atoms with Gasteiger partial charge in [-0.05, 0) is 44.3 Å². The van der Waals surface area contributed by atoms with Gasteiger partial charge < -0.3 is 14.8 Å². The van der Waals surface area contributed by atoms with Crippen LogP contribution >= 0.6 is 0 Å². The molecule has 1 aliphatic rings. The van der Waals surface area contributed by atoms with Crippen molar-refractivity contribution in [2.75, 3.05) is 40.4 Å². The van der Waals surface area contributed by atoms with E-state index in [0.29, 0.717) is 6.04 Å². The van der Waals surface area contributed by atoms with E-state index in [-0.39, 0.29) is 0 Å². The fourth-order valence-corrected chi connectivity index (χ4v) is 2.24. The van der Waals surface area contributed by atoms with E-state index >= 15 is 0 Å². The summed E-state index contributed by atoms with van der Waals surface area (Å²) in [7, 11) is 3.70. The molecule has 1 N–H and O–H groups in total. The molecule has 1 aliphatic heterocycles. The molecule has 0 radical (unpaired) electrons. The molecule has 1 fully saturated rings. The number of ether oxygens (including phenoxy) is 2. The summed E-state index contributed by atoms with van der Waals surface area (Å²) in [6.45, 7) is 4.02. The Kier molecular flexibility index (Phi) is 4.84. The lowest BCUT2D eigenvalue weighted by Gasteiger charge is -2.16. The van der Waals surface area contributed by atoms with Crippen LogP contribution in [-0.2, 0) is 0 Å². The van der Waals surface area contributed by atoms with Gasteiger partial charge in [0.2, 0.25) is 0 Å². The van der Waals surface area contributed by atoms with Crippen LogP contribution in [0.2, 0.25) is 0 Å². The van der Waals surface area contributed by atoms with Crippen molar-refractivity contribution in [2.24, 2.45) is 0 Å². The summed E-state index contributed by atoms with van der Waals surface area (Å²) in [5.74, 6) is 1.76. The number of benzene rings is 1. The summed E-state index contributed by atoms with van der Waals surface area (Å²) >= 11 is 0. The number of nitrogens with zero attached hydrogens (tertiary/aromatic N) is 1. The highest BCUT2D eigenvalue weighted by atomic mass is 16.5. The Bertz CT molecular complexity index is 353. The summed E-state index contributed by atoms with van der Waals surface area (Å²) in [5.41, 5.74) is 0. The molecular weight excluding hydrogens is 228 g/mol. The molecule has 4 nitrogen and oxygen atoms in total. The molecule has 2 rings (SSSR count). The molecule has 1 aromatic rings. The van der Waals surface area contributed by atoms with Crippen molar-refractivity contribution < 1.29 is 9.47 Å². The lowest BCUT2D eigenvalue weighted by molar-refractivity contribution is 0.235. The molecule has 1 saturated heterocycles. The number of nitrogens with one attached hydrogen (secondary N) is 1. The van der Waals surface area contributed by atoms with Crippen LogP contribution in [0.4, 0.5) is 0 Å². The molecule has 1 unspecified atom stereocenters. The Morgan fingerprint density at radius 1 is 1.28 bits per heavy atom. The topological polar surface area (TPSA) is 33.7 Å². The zero-order chi connectivity index (χ0) is 12.8. The van der Waals surface area contributed by atoms with E-state index in [0.717, 1.165) is 37.7 Å². The molecule has 0 amide bonds. The van der Waals surface area contributed by atoms with Gasteiger partial charge in [-0.2, -0.15) is 0 Å². The largest absolute Gasteiger partial charge is 0.497 e. The first-order valence-corrected chi connectivity index (χ1v) is 6.48. The summed E-state index contributed by atoms with van der Waals surface area (Å²) in [6.07, 6.45) is 1.24. The van der Waals surface area contributed by atoms with Gasteiger partial charge in [-0.1, -0.05) is 0 Å². The van der Waals surface area contributed by atoms with Crippen LogP contribution in [0.25, 0.3) is 0 Å². The quantitative estimate of drug-likeness (QED) is 0.827. The van der Waals surface area contributed by atoms with Crippen LogP contribution in [0.15, 0.2) is 24.3 Å². The molecular formula is C14H22N2O2. The first-order chi connectivity index (χ1) is 8.81. The zero-order valence-corrected chi connectivity index (χ0v) is 11.2. The normalized spacial score (nSPS) is 20.0. The van der Waals surface area contributed by atoms with Crippen molar-refractivity contribution in [1.82, 2.24) is 10.2 Å². The highest BCUT2D eigenvalue weighted by Crippen LogP contribution is 2.17. The van der Waals surface area contributed by atoms with Crippen LogP contribution in [0.1, 0.15) is 6.42 Å². The second kappa shape index (κ2) is 6.61. The number of rotatable bonds is 6. The fourth-order valence-electron chi connectivity index (χ4n) is 2.24. The molecule has 0 spiro atoms. The van der Waals surface area contributed by atoms with E-state index in [9.17, 15) is 0 Å². The minimum Gasteiger partial charge on any atom is -0.497 e. The first-order valence-electron chi connectivity index (χ1n) is 6.48. The van der Waals surface area contributed by atoms with Crippen LogP contribution in [-0.4, -0.2) is 51.3 Å². The Morgan fingerprint density at radius 2 is 2.00 bits per heavy atom. The van der Waals surface area contributed by atoms with Crippen LogP contribution in [0.5, 0.6) is 11.5 Å². The van der Waals surface area contributed by atoms with Crippen molar-refractivity contribution in [2.45, 2.75) is 12.5 Å². The molecule has 18 heavy (non-hydrogen) atoms. The highest BCUT2D eigenvalue weighted by Gasteiger charge is 2.20. The zero-order valence-electron chi connectivity index (χ0n) is 11.2. The molecule has 0 aromatic heterocycles. The second-order valence-electron chi connectivity index (χ2n) is 4.60. The SMILES string of the molecule is CNC1CCN(CCOc2ccc(OC)cc2)C1. The van der Waals surface area contributed by atoms with E-state index in [4.69, 9.17) is 9.47 Å². The van der Waals surface area contributed by atoms with E-state index in [2.05, 4.69) is 10.2 Å². The maximum atomic E-state index is 5.72. The Labute approximate surface area is 109 Å². The Morgan fingerprint density at radius 3 is 2.61 bits per heavy atom.